The van der Waals surface area contributed by atoms with Gasteiger partial charge in [0.2, 0.25) is 0 Å². The molecule has 8 heteroatoms. The summed E-state index contributed by atoms with van der Waals surface area (Å²) in [4.78, 5) is 25.3. The highest BCUT2D eigenvalue weighted by atomic mass is 16.5. The minimum absolute atomic E-state index is 0.107. The molecule has 0 fully saturated rings. The number of esters is 1. The largest absolute Gasteiger partial charge is 0.448 e. The lowest BCUT2D eigenvalue weighted by Crippen LogP contribution is -2.31. The number of aromatic nitrogens is 4. The highest BCUT2D eigenvalue weighted by molar-refractivity contribution is 6.16. The Morgan fingerprint density at radius 1 is 1.13 bits per heavy atom. The SMILES string of the molecule is CCc1ccc(NC(=O)[C@H](C)OC(=O)/C(=C/c2ccccc2)n2nnnc2C)cc1. The van der Waals surface area contributed by atoms with Gasteiger partial charge in [0.15, 0.2) is 17.6 Å². The third-order valence-corrected chi connectivity index (χ3v) is 4.45. The van der Waals surface area contributed by atoms with Crippen molar-refractivity contribution in [1.82, 2.24) is 20.2 Å². The van der Waals surface area contributed by atoms with Crippen LogP contribution in [0.15, 0.2) is 54.6 Å². The van der Waals surface area contributed by atoms with Gasteiger partial charge in [0, 0.05) is 5.69 Å². The van der Waals surface area contributed by atoms with E-state index in [2.05, 4.69) is 27.8 Å². The topological polar surface area (TPSA) is 99.0 Å². The van der Waals surface area contributed by atoms with Crippen molar-refractivity contribution in [2.75, 3.05) is 5.32 Å². The Kier molecular flexibility index (Phi) is 6.69. The van der Waals surface area contributed by atoms with Crippen LogP contribution in [-0.2, 0) is 20.7 Å². The maximum atomic E-state index is 12.9. The second kappa shape index (κ2) is 9.60. The van der Waals surface area contributed by atoms with Crippen LogP contribution in [0, 0.1) is 6.92 Å². The highest BCUT2D eigenvalue weighted by Crippen LogP contribution is 2.16. The van der Waals surface area contributed by atoms with E-state index in [9.17, 15) is 9.59 Å². The number of amides is 1. The molecule has 3 aromatic rings. The molecule has 0 saturated heterocycles. The molecule has 1 N–H and O–H groups in total. The molecule has 8 nitrogen and oxygen atoms in total. The monoisotopic (exact) mass is 405 g/mol. The van der Waals surface area contributed by atoms with Crippen molar-refractivity contribution in [1.29, 1.82) is 0 Å². The second-order valence-corrected chi connectivity index (χ2v) is 6.67. The summed E-state index contributed by atoms with van der Waals surface area (Å²) in [5, 5.41) is 14.0. The molecule has 0 aliphatic carbocycles. The van der Waals surface area contributed by atoms with Gasteiger partial charge in [-0.1, -0.05) is 49.4 Å². The number of ether oxygens (including phenoxy) is 1. The molecule has 2 aromatic carbocycles. The van der Waals surface area contributed by atoms with E-state index in [1.807, 2.05) is 54.6 Å². The second-order valence-electron chi connectivity index (χ2n) is 6.67. The summed E-state index contributed by atoms with van der Waals surface area (Å²) >= 11 is 0. The number of benzene rings is 2. The Morgan fingerprint density at radius 3 is 2.43 bits per heavy atom. The fourth-order valence-electron chi connectivity index (χ4n) is 2.71. The van der Waals surface area contributed by atoms with Crippen LogP contribution in [0.5, 0.6) is 0 Å². The van der Waals surface area contributed by atoms with Gasteiger partial charge in [0.25, 0.3) is 5.91 Å². The quantitative estimate of drug-likeness (QED) is 0.479. The first-order valence-corrected chi connectivity index (χ1v) is 9.60. The summed E-state index contributed by atoms with van der Waals surface area (Å²) in [6.45, 7) is 5.24. The predicted molar refractivity (Wildman–Crippen MR) is 113 cm³/mol. The van der Waals surface area contributed by atoms with Crippen molar-refractivity contribution in [3.8, 4) is 0 Å². The Balaban J connectivity index is 1.75. The smallest absolute Gasteiger partial charge is 0.357 e. The molecule has 3 rings (SSSR count). The molecule has 0 saturated carbocycles. The Morgan fingerprint density at radius 2 is 1.83 bits per heavy atom. The predicted octanol–water partition coefficient (Wildman–Crippen LogP) is 3.11. The molecular weight excluding hydrogens is 382 g/mol. The van der Waals surface area contributed by atoms with Gasteiger partial charge >= 0.3 is 5.97 Å². The third-order valence-electron chi connectivity index (χ3n) is 4.45. The molecule has 30 heavy (non-hydrogen) atoms. The normalized spacial score (nSPS) is 12.3. The molecule has 0 spiro atoms. The number of nitrogens with zero attached hydrogens (tertiary/aromatic N) is 4. The number of tetrazole rings is 1. The van der Waals surface area contributed by atoms with Gasteiger partial charge in [0.05, 0.1) is 0 Å². The summed E-state index contributed by atoms with van der Waals surface area (Å²) in [7, 11) is 0. The highest BCUT2D eigenvalue weighted by Gasteiger charge is 2.23. The summed E-state index contributed by atoms with van der Waals surface area (Å²) in [5.41, 5.74) is 2.68. The minimum Gasteiger partial charge on any atom is -0.448 e. The van der Waals surface area contributed by atoms with Crippen molar-refractivity contribution in [3.05, 3.63) is 71.5 Å². The minimum atomic E-state index is -1.01. The third kappa shape index (κ3) is 5.16. The number of nitrogens with one attached hydrogen (secondary N) is 1. The van der Waals surface area contributed by atoms with Crippen LogP contribution in [0.2, 0.25) is 0 Å². The number of hydrogen-bond donors (Lipinski definition) is 1. The van der Waals surface area contributed by atoms with Crippen molar-refractivity contribution >= 4 is 29.3 Å². The van der Waals surface area contributed by atoms with Gasteiger partial charge in [0.1, 0.15) is 0 Å². The summed E-state index contributed by atoms with van der Waals surface area (Å²) < 4.78 is 6.69. The summed E-state index contributed by atoms with van der Waals surface area (Å²) in [6.07, 6.45) is 1.51. The van der Waals surface area contributed by atoms with Gasteiger partial charge in [-0.15, -0.1) is 5.10 Å². The van der Waals surface area contributed by atoms with E-state index in [0.717, 1.165) is 12.0 Å². The van der Waals surface area contributed by atoms with Gasteiger partial charge in [-0.3, -0.25) is 4.79 Å². The molecule has 0 radical (unpaired) electrons. The standard InChI is InChI=1S/C22H23N5O3/c1-4-17-10-12-19(13-11-17)23-21(28)15(2)30-22(29)20(27-16(3)24-25-26-27)14-18-8-6-5-7-9-18/h5-15H,4H2,1-3H3,(H,23,28)/b20-14-/t15-/m0/s1. The van der Waals surface area contributed by atoms with Crippen molar-refractivity contribution in [2.24, 2.45) is 0 Å². The molecule has 0 unspecified atom stereocenters. The molecule has 1 amide bonds. The van der Waals surface area contributed by atoms with Crippen molar-refractivity contribution in [3.63, 3.8) is 0 Å². The maximum Gasteiger partial charge on any atom is 0.357 e. The van der Waals surface area contributed by atoms with Crippen LogP contribution in [0.25, 0.3) is 11.8 Å². The van der Waals surface area contributed by atoms with E-state index < -0.39 is 18.0 Å². The number of hydrogen-bond acceptors (Lipinski definition) is 6. The van der Waals surface area contributed by atoms with Crippen LogP contribution < -0.4 is 5.32 Å². The van der Waals surface area contributed by atoms with E-state index in [1.165, 1.54) is 17.2 Å². The Labute approximate surface area is 174 Å². The molecule has 1 heterocycles. The van der Waals surface area contributed by atoms with E-state index in [0.29, 0.717) is 11.5 Å². The van der Waals surface area contributed by atoms with Crippen LogP contribution in [0.3, 0.4) is 0 Å². The number of carbonyl (C=O) groups excluding carboxylic acids is 2. The van der Waals surface area contributed by atoms with Crippen molar-refractivity contribution in [2.45, 2.75) is 33.3 Å². The fourth-order valence-corrected chi connectivity index (χ4v) is 2.71. The zero-order chi connectivity index (χ0) is 21.5. The summed E-state index contributed by atoms with van der Waals surface area (Å²) in [5.74, 6) is -0.722. The fraction of sp³-hybridized carbons (Fsp3) is 0.227. The molecule has 1 aromatic heterocycles. The van der Waals surface area contributed by atoms with E-state index in [-0.39, 0.29) is 5.70 Å². The number of anilines is 1. The van der Waals surface area contributed by atoms with Crippen LogP contribution in [0.4, 0.5) is 5.69 Å². The van der Waals surface area contributed by atoms with E-state index >= 15 is 0 Å². The average Bonchev–Trinajstić information content (AvgIpc) is 3.18. The zero-order valence-corrected chi connectivity index (χ0v) is 17.1. The molecule has 1 atom stereocenters. The number of rotatable bonds is 7. The maximum absolute atomic E-state index is 12.9. The van der Waals surface area contributed by atoms with Crippen LogP contribution in [0.1, 0.15) is 30.8 Å². The van der Waals surface area contributed by atoms with Gasteiger partial charge in [-0.25, -0.2) is 4.79 Å². The first-order valence-electron chi connectivity index (χ1n) is 9.60. The molecule has 0 bridgehead atoms. The Bertz CT molecular complexity index is 1040. The van der Waals surface area contributed by atoms with Gasteiger partial charge in [-0.2, -0.15) is 4.68 Å². The average molecular weight is 405 g/mol. The van der Waals surface area contributed by atoms with Crippen LogP contribution >= 0.6 is 0 Å². The van der Waals surface area contributed by atoms with E-state index in [4.69, 9.17) is 4.74 Å². The lowest BCUT2D eigenvalue weighted by molar-refractivity contribution is -0.147. The number of aryl methyl sites for hydroxylation is 2. The molecule has 154 valence electrons. The summed E-state index contributed by atoms with van der Waals surface area (Å²) in [6, 6.07) is 16.7. The lowest BCUT2D eigenvalue weighted by Gasteiger charge is -2.15. The van der Waals surface area contributed by atoms with E-state index in [1.54, 1.807) is 13.0 Å². The molecule has 0 aliphatic heterocycles. The lowest BCUT2D eigenvalue weighted by atomic mass is 10.1. The first-order chi connectivity index (χ1) is 14.5. The Hall–Kier alpha value is -3.81. The molecule has 0 aliphatic rings. The van der Waals surface area contributed by atoms with Gasteiger partial charge < -0.3 is 10.1 Å². The van der Waals surface area contributed by atoms with Gasteiger partial charge in [-0.05, 0) is 60.0 Å². The van der Waals surface area contributed by atoms with Crippen molar-refractivity contribution < 1.29 is 14.3 Å². The molecular formula is C22H23N5O3. The zero-order valence-electron chi connectivity index (χ0n) is 17.1. The number of carbonyl (C=O) groups is 2. The first kappa shape index (κ1) is 20.9. The van der Waals surface area contributed by atoms with Crippen LogP contribution in [-0.4, -0.2) is 38.2 Å².